The summed E-state index contributed by atoms with van der Waals surface area (Å²) in [5, 5.41) is 26.1. The molecule has 2 atom stereocenters. The molecule has 47 heavy (non-hydrogen) atoms. The summed E-state index contributed by atoms with van der Waals surface area (Å²) in [6.45, 7) is 22.6. The molecule has 0 bridgehead atoms. The summed E-state index contributed by atoms with van der Waals surface area (Å²) in [5.41, 5.74) is 1.76. The first kappa shape index (κ1) is 41.5. The summed E-state index contributed by atoms with van der Waals surface area (Å²) in [4.78, 5) is 35.6. The van der Waals surface area contributed by atoms with Gasteiger partial charge in [0.05, 0.1) is 16.9 Å². The van der Waals surface area contributed by atoms with E-state index in [-0.39, 0.29) is 24.1 Å². The number of nitrogens with one attached hydrogen (secondary N) is 2. The minimum Gasteiger partial charge on any atom is -0.491 e. The fourth-order valence-electron chi connectivity index (χ4n) is 3.80. The first-order valence-electron chi connectivity index (χ1n) is 15.8. The monoisotopic (exact) mass is 660 g/mol. The standard InChI is InChI=1S/C19H29NO5.C17H27NO4/c1-18(2,3)16(22)24-14-9-8-12(13(21)11-20-7)10-15(14)25-17(23)19(4,5)6;1-10(2)18-8-15(20)9-21-16-7-11(3)17(22-14(6)19)13(5)12(16)4/h8-10,13,20-21H,11H2,1-7H3;7,10,15,18,20H,8-9H2,1-6H3. The molecule has 0 aromatic heterocycles. The van der Waals surface area contributed by atoms with Crippen molar-refractivity contribution in [2.24, 2.45) is 10.8 Å². The molecule has 0 radical (unpaired) electrons. The first-order chi connectivity index (χ1) is 21.6. The van der Waals surface area contributed by atoms with E-state index in [0.717, 1.165) is 16.7 Å². The summed E-state index contributed by atoms with van der Waals surface area (Å²) in [6, 6.07) is 6.86. The second kappa shape index (κ2) is 18.1. The van der Waals surface area contributed by atoms with Gasteiger partial charge in [-0.05, 0) is 110 Å². The van der Waals surface area contributed by atoms with Crippen LogP contribution in [0.5, 0.6) is 23.0 Å². The number of rotatable bonds is 12. The van der Waals surface area contributed by atoms with Crippen molar-refractivity contribution in [2.45, 2.75) is 101 Å². The van der Waals surface area contributed by atoms with Crippen LogP contribution in [0.4, 0.5) is 0 Å². The molecule has 0 heterocycles. The normalized spacial score (nSPS) is 12.9. The van der Waals surface area contributed by atoms with E-state index in [1.54, 1.807) is 54.7 Å². The third kappa shape index (κ3) is 14.0. The number of aliphatic hydroxyl groups is 2. The van der Waals surface area contributed by atoms with Gasteiger partial charge in [0.25, 0.3) is 0 Å². The molecule has 0 saturated heterocycles. The first-order valence-corrected chi connectivity index (χ1v) is 15.8. The number of likely N-dealkylation sites (N-methyl/N-ethyl adjacent to an activating group) is 1. The van der Waals surface area contributed by atoms with Crippen molar-refractivity contribution >= 4 is 17.9 Å². The molecule has 4 N–H and O–H groups in total. The van der Waals surface area contributed by atoms with E-state index in [0.29, 0.717) is 36.2 Å². The van der Waals surface area contributed by atoms with E-state index < -0.39 is 35.0 Å². The quantitative estimate of drug-likeness (QED) is 0.177. The molecule has 2 unspecified atom stereocenters. The van der Waals surface area contributed by atoms with Crippen LogP contribution in [0.1, 0.15) is 90.7 Å². The highest BCUT2D eigenvalue weighted by Crippen LogP contribution is 2.35. The fourth-order valence-corrected chi connectivity index (χ4v) is 3.80. The topological polar surface area (TPSA) is 153 Å². The zero-order chi connectivity index (χ0) is 36.3. The molecule has 11 nitrogen and oxygen atoms in total. The predicted octanol–water partition coefficient (Wildman–Crippen LogP) is 5.12. The molecule has 0 aliphatic rings. The van der Waals surface area contributed by atoms with E-state index in [2.05, 4.69) is 10.6 Å². The van der Waals surface area contributed by atoms with Gasteiger partial charge in [-0.2, -0.15) is 0 Å². The maximum absolute atomic E-state index is 12.2. The largest absolute Gasteiger partial charge is 0.491 e. The molecule has 2 aromatic rings. The zero-order valence-electron chi connectivity index (χ0n) is 30.4. The van der Waals surface area contributed by atoms with Crippen molar-refractivity contribution in [2.75, 3.05) is 26.7 Å². The Balaban J connectivity index is 0.000000474. The van der Waals surface area contributed by atoms with Gasteiger partial charge in [-0.3, -0.25) is 14.4 Å². The van der Waals surface area contributed by atoms with Gasteiger partial charge >= 0.3 is 17.9 Å². The second-order valence-corrected chi connectivity index (χ2v) is 14.0. The highest BCUT2D eigenvalue weighted by Gasteiger charge is 2.28. The van der Waals surface area contributed by atoms with E-state index in [9.17, 15) is 24.6 Å². The number of hydrogen-bond acceptors (Lipinski definition) is 11. The van der Waals surface area contributed by atoms with Crippen molar-refractivity contribution in [3.05, 3.63) is 46.5 Å². The number of carbonyl (C=O) groups excluding carboxylic acids is 3. The Morgan fingerprint density at radius 3 is 1.83 bits per heavy atom. The molecule has 0 amide bonds. The third-order valence-electron chi connectivity index (χ3n) is 6.80. The average molecular weight is 661 g/mol. The Morgan fingerprint density at radius 1 is 0.787 bits per heavy atom. The van der Waals surface area contributed by atoms with Crippen molar-refractivity contribution in [1.29, 1.82) is 0 Å². The molecule has 0 aliphatic heterocycles. The third-order valence-corrected chi connectivity index (χ3v) is 6.80. The lowest BCUT2D eigenvalue weighted by atomic mass is 9.97. The molecular weight excluding hydrogens is 604 g/mol. The molecule has 11 heteroatoms. The van der Waals surface area contributed by atoms with E-state index in [1.165, 1.54) is 19.1 Å². The van der Waals surface area contributed by atoms with Crippen LogP contribution >= 0.6 is 0 Å². The minimum atomic E-state index is -0.774. The van der Waals surface area contributed by atoms with Crippen molar-refractivity contribution in [3.63, 3.8) is 0 Å². The number of benzene rings is 2. The Bertz CT molecular complexity index is 1360. The molecule has 2 rings (SSSR count). The SMILES string of the molecule is CC(=O)Oc1c(C)cc(OCC(O)CNC(C)C)c(C)c1C.CNCC(O)c1ccc(OC(=O)C(C)(C)C)c(OC(=O)C(C)(C)C)c1. The van der Waals surface area contributed by atoms with Crippen molar-refractivity contribution < 1.29 is 43.5 Å². The van der Waals surface area contributed by atoms with Crippen molar-refractivity contribution in [3.8, 4) is 23.0 Å². The van der Waals surface area contributed by atoms with Gasteiger partial charge in [-0.15, -0.1) is 0 Å². The Kier molecular flexibility index (Phi) is 16.0. The number of hydrogen-bond donors (Lipinski definition) is 4. The minimum absolute atomic E-state index is 0.116. The van der Waals surface area contributed by atoms with Crippen LogP contribution in [-0.2, 0) is 14.4 Å². The highest BCUT2D eigenvalue weighted by molar-refractivity contribution is 5.81. The van der Waals surface area contributed by atoms with Gasteiger partial charge in [-0.1, -0.05) is 19.9 Å². The number of esters is 3. The van der Waals surface area contributed by atoms with E-state index >= 15 is 0 Å². The summed E-state index contributed by atoms with van der Waals surface area (Å²) in [5.74, 6) is 0.316. The maximum atomic E-state index is 12.2. The Labute approximate surface area is 280 Å². The van der Waals surface area contributed by atoms with Crippen LogP contribution in [0, 0.1) is 31.6 Å². The smallest absolute Gasteiger partial charge is 0.316 e. The molecule has 0 spiro atoms. The predicted molar refractivity (Wildman–Crippen MR) is 182 cm³/mol. The van der Waals surface area contributed by atoms with E-state index in [1.807, 2.05) is 40.7 Å². The van der Waals surface area contributed by atoms with Crippen LogP contribution in [0.2, 0.25) is 0 Å². The fraction of sp³-hybridized carbons (Fsp3) is 0.583. The van der Waals surface area contributed by atoms with Gasteiger partial charge in [0.1, 0.15) is 24.2 Å². The van der Waals surface area contributed by atoms with Gasteiger partial charge in [0.2, 0.25) is 0 Å². The van der Waals surface area contributed by atoms with Crippen LogP contribution in [-0.4, -0.2) is 67.0 Å². The van der Waals surface area contributed by atoms with E-state index in [4.69, 9.17) is 18.9 Å². The summed E-state index contributed by atoms with van der Waals surface area (Å²) < 4.78 is 21.8. The Morgan fingerprint density at radius 2 is 1.34 bits per heavy atom. The molecule has 0 saturated carbocycles. The van der Waals surface area contributed by atoms with Gasteiger partial charge in [0, 0.05) is 26.1 Å². The average Bonchev–Trinajstić information content (AvgIpc) is 2.95. The molecular formula is C36H56N2O9. The van der Waals surface area contributed by atoms with Crippen molar-refractivity contribution in [1.82, 2.24) is 10.6 Å². The van der Waals surface area contributed by atoms with Gasteiger partial charge in [0.15, 0.2) is 11.5 Å². The van der Waals surface area contributed by atoms with Crippen LogP contribution in [0.15, 0.2) is 24.3 Å². The zero-order valence-corrected chi connectivity index (χ0v) is 30.4. The number of aryl methyl sites for hydroxylation is 1. The summed E-state index contributed by atoms with van der Waals surface area (Å²) >= 11 is 0. The number of aliphatic hydroxyl groups excluding tert-OH is 2. The molecule has 0 fully saturated rings. The van der Waals surface area contributed by atoms with Crippen LogP contribution in [0.25, 0.3) is 0 Å². The maximum Gasteiger partial charge on any atom is 0.316 e. The lowest BCUT2D eigenvalue weighted by molar-refractivity contribution is -0.145. The van der Waals surface area contributed by atoms with Crippen LogP contribution < -0.4 is 29.6 Å². The van der Waals surface area contributed by atoms with Gasteiger partial charge < -0.3 is 39.8 Å². The number of ether oxygens (including phenoxy) is 4. The van der Waals surface area contributed by atoms with Gasteiger partial charge in [-0.25, -0.2) is 0 Å². The lowest BCUT2D eigenvalue weighted by Crippen LogP contribution is -2.35. The second-order valence-electron chi connectivity index (χ2n) is 14.0. The molecule has 264 valence electrons. The molecule has 0 aliphatic carbocycles. The van der Waals surface area contributed by atoms with Crippen LogP contribution in [0.3, 0.4) is 0 Å². The summed E-state index contributed by atoms with van der Waals surface area (Å²) in [7, 11) is 1.73. The number of carbonyl (C=O) groups is 3. The molecule has 2 aromatic carbocycles. The lowest BCUT2D eigenvalue weighted by Gasteiger charge is -2.21. The summed E-state index contributed by atoms with van der Waals surface area (Å²) in [6.07, 6.45) is -1.35. The highest BCUT2D eigenvalue weighted by atomic mass is 16.6. The Hall–Kier alpha value is -3.51.